The summed E-state index contributed by atoms with van der Waals surface area (Å²) in [5.74, 6) is -0.358. The van der Waals surface area contributed by atoms with E-state index < -0.39 is 0 Å². The zero-order valence-corrected chi connectivity index (χ0v) is 13.2. The molecule has 2 amide bonds. The van der Waals surface area contributed by atoms with Crippen molar-refractivity contribution < 1.29 is 9.59 Å². The highest BCUT2D eigenvalue weighted by molar-refractivity contribution is 6.34. The summed E-state index contributed by atoms with van der Waals surface area (Å²) in [4.78, 5) is 30.4. The number of benzene rings is 2. The van der Waals surface area contributed by atoms with Gasteiger partial charge in [-0.1, -0.05) is 17.7 Å². The van der Waals surface area contributed by atoms with Gasteiger partial charge in [-0.05, 0) is 37.3 Å². The average Bonchev–Trinajstić information content (AvgIpc) is 2.79. The van der Waals surface area contributed by atoms with Gasteiger partial charge in [-0.25, -0.2) is 9.89 Å². The molecule has 6 heteroatoms. The lowest BCUT2D eigenvalue weighted by molar-refractivity contribution is 0.0926. The molecule has 1 heterocycles. The lowest BCUT2D eigenvalue weighted by Gasteiger charge is -2.13. The Morgan fingerprint density at radius 2 is 1.74 bits per heavy atom. The Morgan fingerprint density at radius 3 is 2.39 bits per heavy atom. The molecule has 116 valence electrons. The van der Waals surface area contributed by atoms with Crippen molar-refractivity contribution in [1.29, 1.82) is 0 Å². The fourth-order valence-electron chi connectivity index (χ4n) is 2.42. The fraction of sp³-hybridized carbons (Fsp3) is 0.118. The van der Waals surface area contributed by atoms with Crippen molar-refractivity contribution in [3.63, 3.8) is 0 Å². The molecule has 1 aliphatic rings. The highest BCUT2D eigenvalue weighted by Gasteiger charge is 2.36. The number of amidine groups is 1. The minimum Gasteiger partial charge on any atom is -0.386 e. The molecule has 0 saturated carbocycles. The largest absolute Gasteiger partial charge is 0.386 e. The molecular formula is C17H14ClN3O2. The smallest absolute Gasteiger partial charge is 0.266 e. The molecule has 5 nitrogen and oxygen atoms in total. The second-order valence-corrected chi connectivity index (χ2v) is 5.52. The van der Waals surface area contributed by atoms with E-state index in [0.29, 0.717) is 22.5 Å². The van der Waals surface area contributed by atoms with E-state index in [-0.39, 0.29) is 23.5 Å². The molecule has 2 aromatic carbocycles. The Bertz CT molecular complexity index is 828. The quantitative estimate of drug-likeness (QED) is 0.407. The minimum atomic E-state index is -0.365. The van der Waals surface area contributed by atoms with Crippen LogP contribution in [0.2, 0.25) is 0 Å². The number of alkyl halides is 1. The van der Waals surface area contributed by atoms with Gasteiger partial charge in [-0.3, -0.25) is 9.59 Å². The first kappa shape index (κ1) is 15.2. The van der Waals surface area contributed by atoms with Gasteiger partial charge >= 0.3 is 0 Å². The van der Waals surface area contributed by atoms with E-state index >= 15 is 0 Å². The lowest BCUT2D eigenvalue weighted by Crippen LogP contribution is -2.29. The van der Waals surface area contributed by atoms with E-state index in [1.165, 1.54) is 4.90 Å². The molecule has 0 unspecified atom stereocenters. The molecule has 0 aliphatic carbocycles. The van der Waals surface area contributed by atoms with Crippen LogP contribution < -0.4 is 10.6 Å². The van der Waals surface area contributed by atoms with Crippen molar-refractivity contribution >= 4 is 40.6 Å². The van der Waals surface area contributed by atoms with Crippen LogP contribution in [0.4, 0.5) is 11.4 Å². The molecule has 2 aromatic rings. The van der Waals surface area contributed by atoms with Crippen LogP contribution in [0.3, 0.4) is 0 Å². The third-order valence-corrected chi connectivity index (χ3v) is 3.85. The van der Waals surface area contributed by atoms with Crippen molar-refractivity contribution in [2.24, 2.45) is 10.7 Å². The maximum atomic E-state index is 12.6. The molecule has 2 N–H and O–H groups in total. The predicted molar refractivity (Wildman–Crippen MR) is 90.8 cm³/mol. The molecule has 1 aliphatic heterocycles. The predicted octanol–water partition coefficient (Wildman–Crippen LogP) is 3.02. The summed E-state index contributed by atoms with van der Waals surface area (Å²) in [6.07, 6.45) is 0. The number of hydrogen-bond donors (Lipinski definition) is 1. The number of nitrogens with zero attached hydrogens (tertiary/aromatic N) is 2. The summed E-state index contributed by atoms with van der Waals surface area (Å²) >= 11 is 5.60. The van der Waals surface area contributed by atoms with Gasteiger partial charge in [0.2, 0.25) is 0 Å². The lowest BCUT2D eigenvalue weighted by atomic mass is 10.1. The summed E-state index contributed by atoms with van der Waals surface area (Å²) in [5.41, 5.74) is 8.38. The second-order valence-electron chi connectivity index (χ2n) is 5.25. The van der Waals surface area contributed by atoms with E-state index in [4.69, 9.17) is 17.3 Å². The van der Waals surface area contributed by atoms with Gasteiger partial charge in [-0.15, -0.1) is 11.6 Å². The third-order valence-electron chi connectivity index (χ3n) is 3.57. The fourth-order valence-corrected chi connectivity index (χ4v) is 2.48. The molecule has 0 saturated heterocycles. The van der Waals surface area contributed by atoms with Gasteiger partial charge in [0.15, 0.2) is 0 Å². The first-order chi connectivity index (χ1) is 11.0. The Kier molecular flexibility index (Phi) is 3.88. The van der Waals surface area contributed by atoms with Gasteiger partial charge in [0.25, 0.3) is 11.8 Å². The molecular weight excluding hydrogens is 314 g/mol. The van der Waals surface area contributed by atoms with Crippen molar-refractivity contribution in [3.05, 3.63) is 59.2 Å². The van der Waals surface area contributed by atoms with Crippen LogP contribution in [0, 0.1) is 6.92 Å². The highest BCUT2D eigenvalue weighted by atomic mass is 35.5. The minimum absolute atomic E-state index is 0.0967. The zero-order valence-electron chi connectivity index (χ0n) is 12.4. The van der Waals surface area contributed by atoms with E-state index in [2.05, 4.69) is 4.99 Å². The summed E-state index contributed by atoms with van der Waals surface area (Å²) in [6, 6.07) is 12.0. The molecule has 0 fully saturated rings. The molecule has 0 radical (unpaired) electrons. The Labute approximate surface area is 138 Å². The molecule has 0 spiro atoms. The zero-order chi connectivity index (χ0) is 16.6. The summed E-state index contributed by atoms with van der Waals surface area (Å²) in [6.45, 7) is 1.94. The topological polar surface area (TPSA) is 75.8 Å². The molecule has 0 atom stereocenters. The molecule has 3 rings (SSSR count). The van der Waals surface area contributed by atoms with Crippen molar-refractivity contribution in [3.8, 4) is 0 Å². The number of rotatable bonds is 3. The number of amides is 2. The molecule has 0 bridgehead atoms. The summed E-state index contributed by atoms with van der Waals surface area (Å²) < 4.78 is 0. The number of carbonyl (C=O) groups excluding carboxylic acids is 2. The van der Waals surface area contributed by atoms with Gasteiger partial charge in [0.05, 0.1) is 28.4 Å². The van der Waals surface area contributed by atoms with Gasteiger partial charge < -0.3 is 5.73 Å². The van der Waals surface area contributed by atoms with Crippen LogP contribution >= 0.6 is 11.6 Å². The number of hydrogen-bond acceptors (Lipinski definition) is 3. The number of nitrogens with two attached hydrogens (primary N) is 1. The van der Waals surface area contributed by atoms with Crippen molar-refractivity contribution in [1.82, 2.24) is 0 Å². The van der Waals surface area contributed by atoms with E-state index in [0.717, 1.165) is 5.56 Å². The number of aryl methyl sites for hydroxylation is 1. The Hall–Kier alpha value is -2.66. The number of carbonyl (C=O) groups is 2. The standard InChI is InChI=1S/C17H14ClN3O2/c1-10-2-5-12(6-3-10)21-16(22)13-7-4-11(20-15(19)9-18)8-14(13)17(21)23/h2-8H,9H2,1H3,(H2,19,20). The Morgan fingerprint density at radius 1 is 1.09 bits per heavy atom. The number of imide groups is 1. The summed E-state index contributed by atoms with van der Waals surface area (Å²) in [7, 11) is 0. The van der Waals surface area contributed by atoms with Gasteiger partial charge in [-0.2, -0.15) is 0 Å². The van der Waals surface area contributed by atoms with E-state index in [9.17, 15) is 9.59 Å². The first-order valence-electron chi connectivity index (χ1n) is 7.00. The van der Waals surface area contributed by atoms with E-state index in [1.54, 1.807) is 30.3 Å². The second kappa shape index (κ2) is 5.85. The highest BCUT2D eigenvalue weighted by Crippen LogP contribution is 2.31. The molecule has 0 aromatic heterocycles. The first-order valence-corrected chi connectivity index (χ1v) is 7.53. The Balaban J connectivity index is 2.01. The van der Waals surface area contributed by atoms with Crippen LogP contribution in [-0.4, -0.2) is 23.5 Å². The number of fused-ring (bicyclic) bond motifs is 1. The number of anilines is 1. The van der Waals surface area contributed by atoms with Gasteiger partial charge in [0, 0.05) is 0 Å². The molecule has 23 heavy (non-hydrogen) atoms. The van der Waals surface area contributed by atoms with Crippen LogP contribution in [0.15, 0.2) is 47.5 Å². The third kappa shape index (κ3) is 2.71. The summed E-state index contributed by atoms with van der Waals surface area (Å²) in [5, 5.41) is 0. The maximum absolute atomic E-state index is 12.6. The average molecular weight is 328 g/mol. The SMILES string of the molecule is Cc1ccc(N2C(=O)c3ccc(N=C(N)CCl)cc3C2=O)cc1. The van der Waals surface area contributed by atoms with Crippen LogP contribution in [0.1, 0.15) is 26.3 Å². The number of aliphatic imine (C=N–C) groups is 1. The van der Waals surface area contributed by atoms with Crippen LogP contribution in [-0.2, 0) is 0 Å². The number of halogens is 1. The maximum Gasteiger partial charge on any atom is 0.266 e. The monoisotopic (exact) mass is 327 g/mol. The van der Waals surface area contributed by atoms with Crippen LogP contribution in [0.25, 0.3) is 0 Å². The normalized spacial score (nSPS) is 14.3. The van der Waals surface area contributed by atoms with Crippen molar-refractivity contribution in [2.75, 3.05) is 10.8 Å². The van der Waals surface area contributed by atoms with Crippen molar-refractivity contribution in [2.45, 2.75) is 6.92 Å². The van der Waals surface area contributed by atoms with Gasteiger partial charge in [0.1, 0.15) is 5.84 Å². The van der Waals surface area contributed by atoms with Crippen LogP contribution in [0.5, 0.6) is 0 Å². The van der Waals surface area contributed by atoms with E-state index in [1.807, 2.05) is 19.1 Å².